The van der Waals surface area contributed by atoms with Gasteiger partial charge in [0, 0.05) is 25.9 Å². The Morgan fingerprint density at radius 2 is 2.24 bits per heavy atom. The van der Waals surface area contributed by atoms with Gasteiger partial charge in [0.2, 0.25) is 0 Å². The van der Waals surface area contributed by atoms with Gasteiger partial charge in [-0.25, -0.2) is 9.97 Å². The van der Waals surface area contributed by atoms with E-state index >= 15 is 0 Å². The molecule has 0 aliphatic rings. The highest BCUT2D eigenvalue weighted by Gasteiger charge is 2.19. The molecule has 0 aliphatic carbocycles. The normalized spacial score (nSPS) is 12.7. The van der Waals surface area contributed by atoms with Gasteiger partial charge in [-0.3, -0.25) is 4.68 Å². The second-order valence-electron chi connectivity index (χ2n) is 3.64. The van der Waals surface area contributed by atoms with E-state index in [9.17, 15) is 5.11 Å². The second kappa shape index (κ2) is 4.60. The van der Waals surface area contributed by atoms with Crippen LogP contribution >= 0.6 is 0 Å². The maximum Gasteiger partial charge on any atom is 0.198 e. The minimum absolute atomic E-state index is 0.575. The van der Waals surface area contributed by atoms with E-state index in [0.29, 0.717) is 11.5 Å². The largest absolute Gasteiger partial charge is 0.363 e. The molecule has 0 saturated heterocycles. The zero-order valence-corrected chi connectivity index (χ0v) is 9.95. The monoisotopic (exact) mass is 234 g/mol. The van der Waals surface area contributed by atoms with Crippen LogP contribution in [0.3, 0.4) is 0 Å². The summed E-state index contributed by atoms with van der Waals surface area (Å²) in [6.45, 7) is 1.81. The highest BCUT2D eigenvalue weighted by Crippen LogP contribution is 2.26. The quantitative estimate of drug-likeness (QED) is 0.796. The first-order valence-corrected chi connectivity index (χ1v) is 5.16. The molecule has 6 nitrogen and oxygen atoms in total. The molecule has 0 amide bonds. The number of rotatable bonds is 3. The van der Waals surface area contributed by atoms with Crippen LogP contribution in [0, 0.1) is 6.92 Å². The van der Waals surface area contributed by atoms with E-state index in [2.05, 4.69) is 15.1 Å². The summed E-state index contributed by atoms with van der Waals surface area (Å²) < 4.78 is 6.49. The predicted molar refractivity (Wildman–Crippen MR) is 60.9 cm³/mol. The SMILES string of the molecule is COC(O)c1c(-c2ccnc(C)n2)cnn1C. The van der Waals surface area contributed by atoms with E-state index in [1.54, 1.807) is 30.2 Å². The summed E-state index contributed by atoms with van der Waals surface area (Å²) in [6.07, 6.45) is 2.31. The molecular formula is C11H14N4O2. The average Bonchev–Trinajstić information content (AvgIpc) is 2.70. The number of aryl methyl sites for hydroxylation is 2. The number of hydrogen-bond donors (Lipinski definition) is 1. The standard InChI is InChI=1S/C11H14N4O2/c1-7-12-5-4-9(14-7)8-6-13-15(2)10(8)11(16)17-3/h4-6,11,16H,1-3H3. The number of nitrogens with zero attached hydrogens (tertiary/aromatic N) is 4. The highest BCUT2D eigenvalue weighted by atomic mass is 16.6. The van der Waals surface area contributed by atoms with Gasteiger partial charge in [-0.1, -0.05) is 0 Å². The van der Waals surface area contributed by atoms with Gasteiger partial charge in [-0.2, -0.15) is 5.10 Å². The third kappa shape index (κ3) is 2.17. The molecule has 2 aromatic heterocycles. The van der Waals surface area contributed by atoms with Crippen molar-refractivity contribution in [1.29, 1.82) is 0 Å². The van der Waals surface area contributed by atoms with E-state index < -0.39 is 6.29 Å². The lowest BCUT2D eigenvalue weighted by Crippen LogP contribution is -2.08. The van der Waals surface area contributed by atoms with Gasteiger partial charge in [-0.15, -0.1) is 0 Å². The molecule has 2 heterocycles. The molecule has 2 rings (SSSR count). The minimum atomic E-state index is -1.02. The molecular weight excluding hydrogens is 220 g/mol. The summed E-state index contributed by atoms with van der Waals surface area (Å²) in [6, 6.07) is 1.77. The summed E-state index contributed by atoms with van der Waals surface area (Å²) >= 11 is 0. The molecule has 2 aromatic rings. The first-order valence-electron chi connectivity index (χ1n) is 5.16. The summed E-state index contributed by atoms with van der Waals surface area (Å²) in [4.78, 5) is 8.34. The molecule has 0 radical (unpaired) electrons. The molecule has 0 fully saturated rings. The Labute approximate surface area is 98.9 Å². The fraction of sp³-hybridized carbons (Fsp3) is 0.364. The number of methoxy groups -OCH3 is 1. The molecule has 1 N–H and O–H groups in total. The number of aliphatic hydroxyl groups excluding tert-OH is 1. The first kappa shape index (κ1) is 11.7. The van der Waals surface area contributed by atoms with Gasteiger partial charge >= 0.3 is 0 Å². The Hall–Kier alpha value is -1.79. The van der Waals surface area contributed by atoms with Crippen molar-refractivity contribution in [3.05, 3.63) is 30.0 Å². The third-order valence-corrected chi connectivity index (χ3v) is 2.49. The van der Waals surface area contributed by atoms with Crippen molar-refractivity contribution in [1.82, 2.24) is 19.7 Å². The summed E-state index contributed by atoms with van der Waals surface area (Å²) in [5.74, 6) is 0.671. The van der Waals surface area contributed by atoms with Gasteiger partial charge in [0.25, 0.3) is 0 Å². The van der Waals surface area contributed by atoms with E-state index in [0.717, 1.165) is 11.3 Å². The number of hydrogen-bond acceptors (Lipinski definition) is 5. The highest BCUT2D eigenvalue weighted by molar-refractivity contribution is 5.61. The molecule has 0 aromatic carbocycles. The molecule has 1 unspecified atom stereocenters. The molecule has 0 saturated carbocycles. The Morgan fingerprint density at radius 3 is 2.88 bits per heavy atom. The van der Waals surface area contributed by atoms with Crippen LogP contribution in [0.4, 0.5) is 0 Å². The lowest BCUT2D eigenvalue weighted by molar-refractivity contribution is -0.0817. The number of aliphatic hydroxyl groups is 1. The van der Waals surface area contributed by atoms with Crippen LogP contribution in [0.1, 0.15) is 17.8 Å². The fourth-order valence-corrected chi connectivity index (χ4v) is 1.66. The van der Waals surface area contributed by atoms with Gasteiger partial charge in [0.1, 0.15) is 11.5 Å². The van der Waals surface area contributed by atoms with Crippen molar-refractivity contribution in [2.24, 2.45) is 7.05 Å². The summed E-state index contributed by atoms with van der Waals surface area (Å²) in [5.41, 5.74) is 2.04. The lowest BCUT2D eigenvalue weighted by Gasteiger charge is -2.11. The van der Waals surface area contributed by atoms with Crippen molar-refractivity contribution in [2.45, 2.75) is 13.2 Å². The zero-order chi connectivity index (χ0) is 12.4. The van der Waals surface area contributed by atoms with E-state index in [-0.39, 0.29) is 0 Å². The van der Waals surface area contributed by atoms with Crippen LogP contribution in [0.2, 0.25) is 0 Å². The van der Waals surface area contributed by atoms with Crippen molar-refractivity contribution >= 4 is 0 Å². The maximum absolute atomic E-state index is 9.78. The van der Waals surface area contributed by atoms with Crippen LogP contribution in [0.25, 0.3) is 11.3 Å². The van der Waals surface area contributed by atoms with Crippen LogP contribution in [0.15, 0.2) is 18.5 Å². The van der Waals surface area contributed by atoms with E-state index in [1.807, 2.05) is 6.92 Å². The molecule has 1 atom stereocenters. The lowest BCUT2D eigenvalue weighted by atomic mass is 10.1. The van der Waals surface area contributed by atoms with Gasteiger partial charge in [0.15, 0.2) is 6.29 Å². The summed E-state index contributed by atoms with van der Waals surface area (Å²) in [7, 11) is 3.18. The molecule has 0 spiro atoms. The molecule has 0 aliphatic heterocycles. The van der Waals surface area contributed by atoms with Gasteiger partial charge in [0.05, 0.1) is 11.9 Å². The van der Waals surface area contributed by atoms with Gasteiger partial charge < -0.3 is 9.84 Å². The second-order valence-corrected chi connectivity index (χ2v) is 3.64. The number of aromatic nitrogens is 4. The topological polar surface area (TPSA) is 73.1 Å². The first-order chi connectivity index (χ1) is 8.13. The molecule has 0 bridgehead atoms. The smallest absolute Gasteiger partial charge is 0.198 e. The van der Waals surface area contributed by atoms with E-state index in [1.165, 1.54) is 7.11 Å². The van der Waals surface area contributed by atoms with Crippen molar-refractivity contribution < 1.29 is 9.84 Å². The number of ether oxygens (including phenoxy) is 1. The van der Waals surface area contributed by atoms with Crippen LogP contribution < -0.4 is 0 Å². The van der Waals surface area contributed by atoms with Crippen molar-refractivity contribution in [2.75, 3.05) is 7.11 Å². The third-order valence-electron chi connectivity index (χ3n) is 2.49. The Bertz CT molecular complexity index is 524. The van der Waals surface area contributed by atoms with Crippen molar-refractivity contribution in [3.63, 3.8) is 0 Å². The van der Waals surface area contributed by atoms with Crippen molar-refractivity contribution in [3.8, 4) is 11.3 Å². The predicted octanol–water partition coefficient (Wildman–Crippen LogP) is 0.823. The Balaban J connectivity index is 2.53. The van der Waals surface area contributed by atoms with Crippen LogP contribution in [-0.2, 0) is 11.8 Å². The summed E-state index contributed by atoms with van der Waals surface area (Å²) in [5, 5.41) is 13.9. The van der Waals surface area contributed by atoms with Gasteiger partial charge in [-0.05, 0) is 13.0 Å². The average molecular weight is 234 g/mol. The zero-order valence-electron chi connectivity index (χ0n) is 9.95. The Morgan fingerprint density at radius 1 is 1.47 bits per heavy atom. The fourth-order valence-electron chi connectivity index (χ4n) is 1.66. The van der Waals surface area contributed by atoms with Crippen LogP contribution in [0.5, 0.6) is 0 Å². The van der Waals surface area contributed by atoms with E-state index in [4.69, 9.17) is 4.74 Å². The Kier molecular flexibility index (Phi) is 3.16. The molecule has 6 heteroatoms. The maximum atomic E-state index is 9.78. The molecule has 17 heavy (non-hydrogen) atoms. The van der Waals surface area contributed by atoms with Crippen LogP contribution in [-0.4, -0.2) is 32.0 Å². The molecule has 90 valence electrons. The minimum Gasteiger partial charge on any atom is -0.363 e.